The van der Waals surface area contributed by atoms with Gasteiger partial charge in [-0.05, 0) is 68.3 Å². The van der Waals surface area contributed by atoms with Crippen molar-refractivity contribution in [2.75, 3.05) is 4.90 Å². The van der Waals surface area contributed by atoms with Gasteiger partial charge >= 0.3 is 0 Å². The predicted molar refractivity (Wildman–Crippen MR) is 141 cm³/mol. The van der Waals surface area contributed by atoms with Gasteiger partial charge < -0.3 is 5.32 Å². The lowest BCUT2D eigenvalue weighted by atomic mass is 9.91. The van der Waals surface area contributed by atoms with Gasteiger partial charge in [-0.25, -0.2) is 0 Å². The van der Waals surface area contributed by atoms with Crippen molar-refractivity contribution >= 4 is 28.8 Å². The van der Waals surface area contributed by atoms with Crippen LogP contribution in [0.1, 0.15) is 73.5 Å². The first-order valence-corrected chi connectivity index (χ1v) is 13.6. The van der Waals surface area contributed by atoms with Crippen LogP contribution in [0.15, 0.2) is 41.8 Å². The molecule has 184 valence electrons. The van der Waals surface area contributed by atoms with Crippen LogP contribution in [-0.4, -0.2) is 33.2 Å². The molecule has 0 spiro atoms. The van der Waals surface area contributed by atoms with Gasteiger partial charge in [-0.2, -0.15) is 5.10 Å². The number of nitrogens with one attached hydrogen (secondary N) is 1. The third-order valence-electron chi connectivity index (χ3n) is 7.46. The van der Waals surface area contributed by atoms with Gasteiger partial charge in [0.15, 0.2) is 0 Å². The lowest BCUT2D eigenvalue weighted by molar-refractivity contribution is -0.127. The number of hydrogen-bond acceptors (Lipinski definition) is 4. The topological polar surface area (TPSA) is 67.2 Å². The number of aryl methyl sites for hydroxylation is 2. The highest BCUT2D eigenvalue weighted by Gasteiger charge is 2.49. The van der Waals surface area contributed by atoms with Crippen molar-refractivity contribution in [1.29, 1.82) is 0 Å². The zero-order valence-electron chi connectivity index (χ0n) is 20.8. The number of aromatic nitrogens is 2. The van der Waals surface area contributed by atoms with E-state index in [1.54, 1.807) is 20.9 Å². The van der Waals surface area contributed by atoms with Crippen LogP contribution in [0, 0.1) is 13.8 Å². The Morgan fingerprint density at radius 1 is 1.09 bits per heavy atom. The van der Waals surface area contributed by atoms with Gasteiger partial charge in [0.1, 0.15) is 16.9 Å². The lowest BCUT2D eigenvalue weighted by Crippen LogP contribution is -2.65. The van der Waals surface area contributed by atoms with E-state index in [0.717, 1.165) is 53.1 Å². The van der Waals surface area contributed by atoms with Crippen molar-refractivity contribution in [2.24, 2.45) is 0 Å². The van der Waals surface area contributed by atoms with Crippen molar-refractivity contribution < 1.29 is 9.59 Å². The van der Waals surface area contributed by atoms with Crippen molar-refractivity contribution in [3.8, 4) is 10.6 Å². The smallest absolute Gasteiger partial charge is 0.277 e. The number of carbonyl (C=O) groups excluding carboxylic acids is 2. The van der Waals surface area contributed by atoms with Crippen molar-refractivity contribution in [3.05, 3.63) is 58.6 Å². The quantitative estimate of drug-likeness (QED) is 0.497. The fraction of sp³-hybridized carbons (Fsp3) is 0.464. The molecular formula is C28H34N4O2S. The molecule has 3 aromatic rings. The maximum atomic E-state index is 14.1. The maximum Gasteiger partial charge on any atom is 0.277 e. The minimum absolute atomic E-state index is 0.101. The second-order valence-corrected chi connectivity index (χ2v) is 11.2. The largest absolute Gasteiger partial charge is 0.351 e. The summed E-state index contributed by atoms with van der Waals surface area (Å²) in [4.78, 5) is 30.8. The van der Waals surface area contributed by atoms with Crippen LogP contribution >= 0.6 is 11.3 Å². The number of nitrogens with zero attached hydrogens (tertiary/aromatic N) is 3. The van der Waals surface area contributed by atoms with E-state index in [4.69, 9.17) is 5.10 Å². The molecule has 0 saturated heterocycles. The van der Waals surface area contributed by atoms with Crippen molar-refractivity contribution in [1.82, 2.24) is 15.1 Å². The molecule has 3 heterocycles. The van der Waals surface area contributed by atoms with E-state index in [1.807, 2.05) is 62.5 Å². The fourth-order valence-corrected chi connectivity index (χ4v) is 6.09. The fourth-order valence-electron chi connectivity index (χ4n) is 5.41. The summed E-state index contributed by atoms with van der Waals surface area (Å²) < 4.78 is 1.73. The molecule has 1 fully saturated rings. The Morgan fingerprint density at radius 3 is 2.54 bits per heavy atom. The molecule has 0 bridgehead atoms. The van der Waals surface area contributed by atoms with Gasteiger partial charge in [-0.15, -0.1) is 11.3 Å². The molecule has 1 aromatic carbocycles. The number of anilines is 1. The van der Waals surface area contributed by atoms with E-state index in [2.05, 4.69) is 5.32 Å². The number of amides is 2. The Morgan fingerprint density at radius 2 is 1.83 bits per heavy atom. The van der Waals surface area contributed by atoms with Crippen LogP contribution in [0.4, 0.5) is 5.69 Å². The van der Waals surface area contributed by atoms with Gasteiger partial charge in [0, 0.05) is 11.7 Å². The Bertz CT molecular complexity index is 1220. The van der Waals surface area contributed by atoms with E-state index >= 15 is 0 Å². The van der Waals surface area contributed by atoms with E-state index < -0.39 is 5.54 Å². The number of rotatable bonds is 4. The minimum atomic E-state index is -1.09. The molecule has 2 amide bonds. The number of hydrogen-bond donors (Lipinski definition) is 1. The zero-order chi connectivity index (χ0) is 24.6. The Kier molecular flexibility index (Phi) is 6.53. The molecule has 1 atom stereocenters. The van der Waals surface area contributed by atoms with Crippen LogP contribution in [0.3, 0.4) is 0 Å². The molecule has 7 heteroatoms. The Balaban J connectivity index is 1.55. The predicted octanol–water partition coefficient (Wildman–Crippen LogP) is 5.88. The summed E-state index contributed by atoms with van der Waals surface area (Å²) >= 11 is 1.60. The average molecular weight is 491 g/mol. The number of carbonyl (C=O) groups is 2. The molecule has 0 unspecified atom stereocenters. The van der Waals surface area contributed by atoms with Crippen LogP contribution in [0.2, 0.25) is 0 Å². The average Bonchev–Trinajstić information content (AvgIpc) is 3.48. The molecule has 6 nitrogen and oxygen atoms in total. The summed E-state index contributed by atoms with van der Waals surface area (Å²) in [6, 6.07) is 12.1. The third-order valence-corrected chi connectivity index (χ3v) is 8.35. The molecule has 0 radical (unpaired) electrons. The number of fused-ring (bicyclic) bond motifs is 1. The summed E-state index contributed by atoms with van der Waals surface area (Å²) in [7, 11) is 0. The minimum Gasteiger partial charge on any atom is -0.351 e. The number of benzene rings is 1. The first kappa shape index (κ1) is 23.8. The second kappa shape index (κ2) is 9.61. The molecule has 2 aromatic heterocycles. The molecule has 2 aliphatic rings. The van der Waals surface area contributed by atoms with Crippen LogP contribution in [0.5, 0.6) is 0 Å². The Hall–Kier alpha value is -2.93. The molecule has 35 heavy (non-hydrogen) atoms. The third kappa shape index (κ3) is 4.54. The van der Waals surface area contributed by atoms with Crippen LogP contribution < -0.4 is 10.2 Å². The monoisotopic (exact) mass is 490 g/mol. The highest BCUT2D eigenvalue weighted by atomic mass is 32.1. The van der Waals surface area contributed by atoms with E-state index in [9.17, 15) is 9.59 Å². The lowest BCUT2D eigenvalue weighted by Gasteiger charge is -2.44. The zero-order valence-corrected chi connectivity index (χ0v) is 21.7. The maximum absolute atomic E-state index is 14.1. The highest BCUT2D eigenvalue weighted by molar-refractivity contribution is 7.13. The standard InChI is InChI=1S/C28H34N4O2S/c1-19-13-14-20(2)23(16-19)32-26(33)24-17-22(25-12-9-15-35-25)30-31(24)18-28(32,3)27(34)29-21-10-7-5-4-6-8-11-21/h9,12-17,21H,4-8,10-11,18H2,1-3H3,(H,29,34)/t28-/m1/s1. The first-order valence-electron chi connectivity index (χ1n) is 12.7. The highest BCUT2D eigenvalue weighted by Crippen LogP contribution is 2.37. The Labute approximate surface area is 211 Å². The normalized spacial score (nSPS) is 21.3. The van der Waals surface area contributed by atoms with E-state index in [-0.39, 0.29) is 17.9 Å². The first-order chi connectivity index (χ1) is 16.9. The molecule has 1 aliphatic heterocycles. The summed E-state index contributed by atoms with van der Waals surface area (Å²) in [5.41, 5.74) is 3.01. The molecule has 1 aliphatic carbocycles. The summed E-state index contributed by atoms with van der Waals surface area (Å²) in [6.45, 7) is 6.21. The summed E-state index contributed by atoms with van der Waals surface area (Å²) in [6.07, 6.45) is 7.98. The van der Waals surface area contributed by atoms with E-state index in [1.165, 1.54) is 19.3 Å². The second-order valence-electron chi connectivity index (χ2n) is 10.3. The van der Waals surface area contributed by atoms with Gasteiger partial charge in [0.25, 0.3) is 5.91 Å². The molecule has 5 rings (SSSR count). The van der Waals surface area contributed by atoms with Crippen molar-refractivity contribution in [2.45, 2.75) is 83.8 Å². The summed E-state index contributed by atoms with van der Waals surface area (Å²) in [5, 5.41) is 10.1. The van der Waals surface area contributed by atoms with Crippen LogP contribution in [0.25, 0.3) is 10.6 Å². The van der Waals surface area contributed by atoms with E-state index in [0.29, 0.717) is 12.2 Å². The van der Waals surface area contributed by atoms with Gasteiger partial charge in [-0.1, -0.05) is 50.3 Å². The van der Waals surface area contributed by atoms with Crippen LogP contribution in [-0.2, 0) is 11.3 Å². The molecule has 1 N–H and O–H groups in total. The number of thiophene rings is 1. The molecular weight excluding hydrogens is 456 g/mol. The van der Waals surface area contributed by atoms with Gasteiger partial charge in [0.05, 0.1) is 11.4 Å². The van der Waals surface area contributed by atoms with Gasteiger partial charge in [-0.3, -0.25) is 19.2 Å². The SMILES string of the molecule is Cc1ccc(C)c(N2C(=O)c3cc(-c4cccs4)nn3C[C@]2(C)C(=O)NC2CCCCCCC2)c1. The van der Waals surface area contributed by atoms with Crippen molar-refractivity contribution in [3.63, 3.8) is 0 Å². The molecule has 1 saturated carbocycles. The summed E-state index contributed by atoms with van der Waals surface area (Å²) in [5.74, 6) is -0.285. The van der Waals surface area contributed by atoms with Gasteiger partial charge in [0.2, 0.25) is 5.91 Å².